The van der Waals surface area contributed by atoms with Crippen LogP contribution in [0.5, 0.6) is 0 Å². The molecule has 0 radical (unpaired) electrons. The summed E-state index contributed by atoms with van der Waals surface area (Å²) < 4.78 is 19.4. The van der Waals surface area contributed by atoms with Crippen LogP contribution in [0.25, 0.3) is 0 Å². The van der Waals surface area contributed by atoms with Crippen molar-refractivity contribution in [3.05, 3.63) is 42.1 Å². The number of halogens is 1. The van der Waals surface area contributed by atoms with Gasteiger partial charge in [-0.25, -0.2) is 19.3 Å². The van der Waals surface area contributed by atoms with Crippen LogP contribution in [0, 0.1) is 6.92 Å². The zero-order valence-electron chi connectivity index (χ0n) is 13.5. The summed E-state index contributed by atoms with van der Waals surface area (Å²) in [5.74, 6) is 1.51. The van der Waals surface area contributed by atoms with Gasteiger partial charge in [-0.1, -0.05) is 0 Å². The summed E-state index contributed by atoms with van der Waals surface area (Å²) in [4.78, 5) is 16.6. The van der Waals surface area contributed by atoms with Crippen LogP contribution in [0.1, 0.15) is 23.6 Å². The molecule has 1 saturated heterocycles. The fraction of sp³-hybridized carbons (Fsp3) is 0.562. The molecule has 0 bridgehead atoms. The van der Waals surface area contributed by atoms with Crippen LogP contribution in [0.2, 0.25) is 0 Å². The third-order valence-corrected chi connectivity index (χ3v) is 4.07. The van der Waals surface area contributed by atoms with Crippen molar-refractivity contribution in [3.63, 3.8) is 0 Å². The molecule has 7 heteroatoms. The maximum Gasteiger partial charge on any atom is 0.208 e. The summed E-state index contributed by atoms with van der Waals surface area (Å²) in [5.41, 5.74) is 1.01. The molecule has 0 unspecified atom stereocenters. The van der Waals surface area contributed by atoms with Crippen LogP contribution in [0.4, 0.5) is 4.39 Å². The second-order valence-electron chi connectivity index (χ2n) is 6.22. The highest BCUT2D eigenvalue weighted by Crippen LogP contribution is 2.23. The highest BCUT2D eigenvalue weighted by molar-refractivity contribution is 5.04. The molecular formula is C16H22FN5O. The maximum absolute atomic E-state index is 13.9. The minimum Gasteiger partial charge on any atom is -0.445 e. The van der Waals surface area contributed by atoms with E-state index in [9.17, 15) is 4.39 Å². The smallest absolute Gasteiger partial charge is 0.208 e. The fourth-order valence-corrected chi connectivity index (χ4v) is 3.08. The van der Waals surface area contributed by atoms with Crippen molar-refractivity contribution >= 4 is 0 Å². The monoisotopic (exact) mass is 319 g/mol. The Hall–Kier alpha value is -1.86. The average Bonchev–Trinajstić information content (AvgIpc) is 3.06. The van der Waals surface area contributed by atoms with Gasteiger partial charge in [0.25, 0.3) is 0 Å². The normalized spacial score (nSPS) is 22.1. The summed E-state index contributed by atoms with van der Waals surface area (Å²) in [6.07, 6.45) is 6.58. The van der Waals surface area contributed by atoms with Crippen molar-refractivity contribution in [3.8, 4) is 0 Å². The van der Waals surface area contributed by atoms with Gasteiger partial charge in [-0.05, 0) is 20.4 Å². The quantitative estimate of drug-likeness (QED) is 0.809. The van der Waals surface area contributed by atoms with Crippen molar-refractivity contribution in [2.24, 2.45) is 0 Å². The third kappa shape index (κ3) is 4.33. The maximum atomic E-state index is 13.9. The summed E-state index contributed by atoms with van der Waals surface area (Å²) in [5, 5.41) is 0. The highest BCUT2D eigenvalue weighted by atomic mass is 19.1. The van der Waals surface area contributed by atoms with Gasteiger partial charge in [-0.2, -0.15) is 0 Å². The van der Waals surface area contributed by atoms with E-state index in [1.54, 1.807) is 18.6 Å². The standard InChI is InChI=1S/C16H22FN5O/c1-12-4-20-16(23-12)10-21(2)9-15-3-14(17)8-22(15)7-13-5-18-11-19-6-13/h4-6,11,14-15H,3,7-10H2,1-2H3/t14-,15-/m0/s1. The van der Waals surface area contributed by atoms with Gasteiger partial charge < -0.3 is 4.42 Å². The van der Waals surface area contributed by atoms with Crippen molar-refractivity contribution < 1.29 is 8.81 Å². The topological polar surface area (TPSA) is 58.3 Å². The molecule has 0 aliphatic carbocycles. The highest BCUT2D eigenvalue weighted by Gasteiger charge is 2.32. The molecule has 0 N–H and O–H groups in total. The number of aryl methyl sites for hydroxylation is 1. The molecule has 6 nitrogen and oxygen atoms in total. The molecule has 0 amide bonds. The van der Waals surface area contributed by atoms with Gasteiger partial charge in [0.1, 0.15) is 18.3 Å². The summed E-state index contributed by atoms with van der Waals surface area (Å²) in [6, 6.07) is 0.172. The molecule has 1 aliphatic rings. The molecule has 2 aromatic rings. The average molecular weight is 319 g/mol. The van der Waals surface area contributed by atoms with Crippen molar-refractivity contribution in [1.82, 2.24) is 24.8 Å². The Bertz CT molecular complexity index is 620. The molecule has 1 fully saturated rings. The Morgan fingerprint density at radius 1 is 1.35 bits per heavy atom. The van der Waals surface area contributed by atoms with Gasteiger partial charge in [0.2, 0.25) is 5.89 Å². The summed E-state index contributed by atoms with van der Waals surface area (Å²) in [6.45, 7) is 4.42. The number of hydrogen-bond acceptors (Lipinski definition) is 6. The summed E-state index contributed by atoms with van der Waals surface area (Å²) in [7, 11) is 2.01. The summed E-state index contributed by atoms with van der Waals surface area (Å²) >= 11 is 0. The van der Waals surface area contributed by atoms with Crippen molar-refractivity contribution in [1.29, 1.82) is 0 Å². The first-order valence-corrected chi connectivity index (χ1v) is 7.82. The number of nitrogens with zero attached hydrogens (tertiary/aromatic N) is 5. The number of alkyl halides is 1. The Balaban J connectivity index is 1.58. The van der Waals surface area contributed by atoms with E-state index in [0.29, 0.717) is 31.9 Å². The van der Waals surface area contributed by atoms with Crippen LogP contribution in [-0.2, 0) is 13.1 Å². The Labute approximate surface area is 135 Å². The second-order valence-corrected chi connectivity index (χ2v) is 6.22. The molecule has 1 aliphatic heterocycles. The largest absolute Gasteiger partial charge is 0.445 e. The van der Waals surface area contributed by atoms with Crippen LogP contribution >= 0.6 is 0 Å². The van der Waals surface area contributed by atoms with Gasteiger partial charge in [-0.3, -0.25) is 9.80 Å². The van der Waals surface area contributed by atoms with Crippen LogP contribution < -0.4 is 0 Å². The van der Waals surface area contributed by atoms with Crippen LogP contribution in [-0.4, -0.2) is 57.1 Å². The second kappa shape index (κ2) is 7.14. The number of rotatable bonds is 6. The molecule has 23 heavy (non-hydrogen) atoms. The fourth-order valence-electron chi connectivity index (χ4n) is 3.08. The third-order valence-electron chi connectivity index (χ3n) is 4.07. The molecule has 0 spiro atoms. The lowest BCUT2D eigenvalue weighted by Gasteiger charge is -2.27. The molecule has 2 atom stereocenters. The van der Waals surface area contributed by atoms with Gasteiger partial charge in [0, 0.05) is 43.6 Å². The zero-order chi connectivity index (χ0) is 16.2. The van der Waals surface area contributed by atoms with Gasteiger partial charge >= 0.3 is 0 Å². The van der Waals surface area contributed by atoms with E-state index in [2.05, 4.69) is 24.8 Å². The van der Waals surface area contributed by atoms with E-state index >= 15 is 0 Å². The van der Waals surface area contributed by atoms with Crippen LogP contribution in [0.3, 0.4) is 0 Å². The first-order valence-electron chi connectivity index (χ1n) is 7.82. The van der Waals surface area contributed by atoms with Crippen molar-refractivity contribution in [2.75, 3.05) is 20.1 Å². The van der Waals surface area contributed by atoms with Gasteiger partial charge in [0.05, 0.1) is 12.7 Å². The Morgan fingerprint density at radius 3 is 2.83 bits per heavy atom. The molecule has 0 aromatic carbocycles. The zero-order valence-corrected chi connectivity index (χ0v) is 13.5. The van der Waals surface area contributed by atoms with E-state index in [-0.39, 0.29) is 6.04 Å². The Morgan fingerprint density at radius 2 is 2.13 bits per heavy atom. The predicted octanol–water partition coefficient (Wildman–Crippen LogP) is 1.82. The lowest BCUT2D eigenvalue weighted by atomic mass is 10.2. The number of aromatic nitrogens is 3. The van der Waals surface area contributed by atoms with Crippen LogP contribution in [0.15, 0.2) is 29.3 Å². The predicted molar refractivity (Wildman–Crippen MR) is 83.3 cm³/mol. The number of likely N-dealkylation sites (tertiary alicyclic amines) is 1. The molecule has 0 saturated carbocycles. The lowest BCUT2D eigenvalue weighted by molar-refractivity contribution is 0.173. The first kappa shape index (κ1) is 16.0. The van der Waals surface area contributed by atoms with E-state index in [1.165, 1.54) is 6.33 Å². The molecular weight excluding hydrogens is 297 g/mol. The van der Waals surface area contributed by atoms with E-state index < -0.39 is 6.17 Å². The van der Waals surface area contributed by atoms with Crippen molar-refractivity contribution in [2.45, 2.75) is 38.6 Å². The van der Waals surface area contributed by atoms with E-state index in [1.807, 2.05) is 14.0 Å². The SMILES string of the molecule is Cc1cnc(CN(C)C[C@@H]2C[C@H](F)CN2Cc2cncnc2)o1. The molecule has 124 valence electrons. The minimum absolute atomic E-state index is 0.172. The Kier molecular flexibility index (Phi) is 4.97. The first-order chi connectivity index (χ1) is 11.1. The number of hydrogen-bond donors (Lipinski definition) is 0. The molecule has 3 heterocycles. The number of oxazole rings is 1. The lowest BCUT2D eigenvalue weighted by Crippen LogP contribution is -2.38. The van der Waals surface area contributed by atoms with E-state index in [4.69, 9.17) is 4.42 Å². The van der Waals surface area contributed by atoms with E-state index in [0.717, 1.165) is 17.9 Å². The number of likely N-dealkylation sites (N-methyl/N-ethyl adjacent to an activating group) is 1. The minimum atomic E-state index is -0.776. The van der Waals surface area contributed by atoms with Gasteiger partial charge in [0.15, 0.2) is 0 Å². The molecule has 3 rings (SSSR count). The van der Waals surface area contributed by atoms with Gasteiger partial charge in [-0.15, -0.1) is 0 Å². The molecule has 2 aromatic heterocycles.